The van der Waals surface area contributed by atoms with Crippen LogP contribution >= 0.6 is 0 Å². The average molecular weight is 190 g/mol. The van der Waals surface area contributed by atoms with Crippen molar-refractivity contribution >= 4 is 9.84 Å². The Hall–Kier alpha value is -0.0900. The molecule has 0 bridgehead atoms. The minimum absolute atomic E-state index is 0.0451. The van der Waals surface area contributed by atoms with Gasteiger partial charge in [-0.25, -0.2) is 8.42 Å². The van der Waals surface area contributed by atoms with Gasteiger partial charge in [-0.2, -0.15) is 0 Å². The normalized spacial score (nSPS) is 45.6. The number of aliphatic hydroxyl groups is 1. The Morgan fingerprint density at radius 2 is 1.92 bits per heavy atom. The van der Waals surface area contributed by atoms with Crippen molar-refractivity contribution in [3.63, 3.8) is 0 Å². The third-order valence-corrected chi connectivity index (χ3v) is 5.47. The minimum Gasteiger partial charge on any atom is -0.393 e. The maximum Gasteiger partial charge on any atom is 0.153 e. The summed E-state index contributed by atoms with van der Waals surface area (Å²) < 4.78 is 23.0. The second-order valence-corrected chi connectivity index (χ2v) is 6.20. The van der Waals surface area contributed by atoms with Crippen molar-refractivity contribution in [2.45, 2.75) is 37.0 Å². The maximum absolute atomic E-state index is 11.5. The fourth-order valence-corrected chi connectivity index (χ4v) is 4.74. The zero-order chi connectivity index (χ0) is 8.77. The fraction of sp³-hybridized carbons (Fsp3) is 1.00. The molecule has 0 spiro atoms. The van der Waals surface area contributed by atoms with Gasteiger partial charge < -0.3 is 5.11 Å². The van der Waals surface area contributed by atoms with Gasteiger partial charge in [-0.3, -0.25) is 0 Å². The number of aliphatic hydroxyl groups excluding tert-OH is 1. The van der Waals surface area contributed by atoms with E-state index in [1.165, 1.54) is 0 Å². The second kappa shape index (κ2) is 2.70. The molecule has 4 heteroatoms. The molecule has 2 aliphatic rings. The molecule has 0 aromatic rings. The molecule has 0 aromatic carbocycles. The van der Waals surface area contributed by atoms with Crippen LogP contribution in [0.15, 0.2) is 0 Å². The molecule has 1 heterocycles. The number of fused-ring (bicyclic) bond motifs is 1. The second-order valence-electron chi connectivity index (χ2n) is 3.86. The van der Waals surface area contributed by atoms with Gasteiger partial charge in [-0.15, -0.1) is 0 Å². The molecule has 3 nitrogen and oxygen atoms in total. The predicted molar refractivity (Wildman–Crippen MR) is 45.5 cm³/mol. The lowest BCUT2D eigenvalue weighted by molar-refractivity contribution is 0.103. The standard InChI is InChI=1S/C8H14O3S/c9-7-4-5-12(10,11)8-3-1-2-6(7)8/h6-9H,1-5H2/t6-,7+,8-/m0/s1. The van der Waals surface area contributed by atoms with Gasteiger partial charge in [0, 0.05) is 5.92 Å². The molecular formula is C8H14O3S. The van der Waals surface area contributed by atoms with Crippen LogP contribution in [0.4, 0.5) is 0 Å². The molecule has 1 N–H and O–H groups in total. The summed E-state index contributed by atoms with van der Waals surface area (Å²) in [5, 5.41) is 9.33. The van der Waals surface area contributed by atoms with Crippen molar-refractivity contribution in [1.29, 1.82) is 0 Å². The molecule has 1 aliphatic heterocycles. The van der Waals surface area contributed by atoms with E-state index in [-0.39, 0.29) is 23.0 Å². The van der Waals surface area contributed by atoms with Crippen LogP contribution in [0, 0.1) is 5.92 Å². The maximum atomic E-state index is 11.5. The van der Waals surface area contributed by atoms with Crippen LogP contribution < -0.4 is 0 Å². The van der Waals surface area contributed by atoms with Gasteiger partial charge >= 0.3 is 0 Å². The quantitative estimate of drug-likeness (QED) is 0.599. The lowest BCUT2D eigenvalue weighted by Gasteiger charge is -2.29. The molecule has 0 aromatic heterocycles. The molecule has 2 rings (SSSR count). The van der Waals surface area contributed by atoms with Crippen LogP contribution in [0.2, 0.25) is 0 Å². The number of hydrogen-bond donors (Lipinski definition) is 1. The van der Waals surface area contributed by atoms with Gasteiger partial charge in [-0.05, 0) is 19.3 Å². The molecule has 1 saturated heterocycles. The highest BCUT2D eigenvalue weighted by Crippen LogP contribution is 2.38. The number of rotatable bonds is 0. The van der Waals surface area contributed by atoms with Crippen molar-refractivity contribution in [2.75, 3.05) is 5.75 Å². The van der Waals surface area contributed by atoms with E-state index in [4.69, 9.17) is 0 Å². The van der Waals surface area contributed by atoms with Crippen molar-refractivity contribution in [3.8, 4) is 0 Å². The molecule has 12 heavy (non-hydrogen) atoms. The predicted octanol–water partition coefficient (Wildman–Crippen LogP) is 0.335. The highest BCUT2D eigenvalue weighted by Gasteiger charge is 2.44. The van der Waals surface area contributed by atoms with Gasteiger partial charge in [-0.1, -0.05) is 6.42 Å². The molecule has 0 radical (unpaired) electrons. The van der Waals surface area contributed by atoms with Gasteiger partial charge in [0.2, 0.25) is 0 Å². The minimum atomic E-state index is -2.85. The third-order valence-electron chi connectivity index (χ3n) is 3.16. The van der Waals surface area contributed by atoms with Crippen molar-refractivity contribution < 1.29 is 13.5 Å². The Morgan fingerprint density at radius 3 is 2.58 bits per heavy atom. The summed E-state index contributed by atoms with van der Waals surface area (Å²) in [5.41, 5.74) is 0. The van der Waals surface area contributed by atoms with E-state index < -0.39 is 9.84 Å². The molecule has 2 fully saturated rings. The zero-order valence-electron chi connectivity index (χ0n) is 6.94. The van der Waals surface area contributed by atoms with Crippen LogP contribution in [-0.2, 0) is 9.84 Å². The largest absolute Gasteiger partial charge is 0.393 e. The first-order chi connectivity index (χ1) is 5.61. The van der Waals surface area contributed by atoms with E-state index >= 15 is 0 Å². The summed E-state index contributed by atoms with van der Waals surface area (Å²) in [7, 11) is -2.85. The van der Waals surface area contributed by atoms with Gasteiger partial charge in [0.1, 0.15) is 0 Å². The topological polar surface area (TPSA) is 54.4 Å². The zero-order valence-corrected chi connectivity index (χ0v) is 7.76. The van der Waals surface area contributed by atoms with E-state index in [2.05, 4.69) is 0 Å². The van der Waals surface area contributed by atoms with Crippen LogP contribution in [0.3, 0.4) is 0 Å². The van der Waals surface area contributed by atoms with Crippen LogP contribution in [0.5, 0.6) is 0 Å². The summed E-state index contributed by atoms with van der Waals surface area (Å²) >= 11 is 0. The Kier molecular flexibility index (Phi) is 1.92. The summed E-state index contributed by atoms with van der Waals surface area (Å²) in [6, 6.07) is 0. The van der Waals surface area contributed by atoms with Crippen molar-refractivity contribution in [3.05, 3.63) is 0 Å². The van der Waals surface area contributed by atoms with Crippen LogP contribution in [0.25, 0.3) is 0 Å². The van der Waals surface area contributed by atoms with Crippen LogP contribution in [-0.4, -0.2) is 30.6 Å². The highest BCUT2D eigenvalue weighted by molar-refractivity contribution is 7.92. The van der Waals surface area contributed by atoms with Gasteiger partial charge in [0.05, 0.1) is 17.1 Å². The first kappa shape index (κ1) is 8.51. The monoisotopic (exact) mass is 190 g/mol. The fourth-order valence-electron chi connectivity index (χ4n) is 2.49. The SMILES string of the molecule is O=S1(=O)CC[C@@H](O)[C@@H]2CCC[C@@H]21. The molecule has 1 saturated carbocycles. The first-order valence-corrected chi connectivity index (χ1v) is 6.22. The van der Waals surface area contributed by atoms with E-state index in [0.717, 1.165) is 19.3 Å². The molecule has 70 valence electrons. The molecule has 1 aliphatic carbocycles. The Labute approximate surface area is 72.7 Å². The van der Waals surface area contributed by atoms with Crippen molar-refractivity contribution in [1.82, 2.24) is 0 Å². The lowest BCUT2D eigenvalue weighted by Crippen LogP contribution is -2.41. The Morgan fingerprint density at radius 1 is 1.17 bits per heavy atom. The molecular weight excluding hydrogens is 176 g/mol. The van der Waals surface area contributed by atoms with E-state index in [1.54, 1.807) is 0 Å². The summed E-state index contributed by atoms with van der Waals surface area (Å²) in [6.45, 7) is 0. The lowest BCUT2D eigenvalue weighted by atomic mass is 9.98. The van der Waals surface area contributed by atoms with E-state index in [0.29, 0.717) is 6.42 Å². The third kappa shape index (κ3) is 1.17. The van der Waals surface area contributed by atoms with E-state index in [9.17, 15) is 13.5 Å². The first-order valence-electron chi connectivity index (χ1n) is 4.51. The summed E-state index contributed by atoms with van der Waals surface area (Å²) in [5.74, 6) is 0.235. The molecule has 0 amide bonds. The van der Waals surface area contributed by atoms with Crippen LogP contribution in [0.1, 0.15) is 25.7 Å². The van der Waals surface area contributed by atoms with Crippen molar-refractivity contribution in [2.24, 2.45) is 5.92 Å². The molecule has 0 unspecified atom stereocenters. The Bertz CT molecular complexity index is 270. The van der Waals surface area contributed by atoms with Gasteiger partial charge in [0.25, 0.3) is 0 Å². The van der Waals surface area contributed by atoms with Gasteiger partial charge in [0.15, 0.2) is 9.84 Å². The number of sulfone groups is 1. The number of hydrogen-bond acceptors (Lipinski definition) is 3. The summed E-state index contributed by atoms with van der Waals surface area (Å²) in [4.78, 5) is 0. The smallest absolute Gasteiger partial charge is 0.153 e. The average Bonchev–Trinajstić information content (AvgIpc) is 2.46. The Balaban J connectivity index is 2.28. The summed E-state index contributed by atoms with van der Waals surface area (Å²) in [6.07, 6.45) is 2.71. The highest BCUT2D eigenvalue weighted by atomic mass is 32.2. The van der Waals surface area contributed by atoms with E-state index in [1.807, 2.05) is 0 Å². The molecule has 3 atom stereocenters.